The fourth-order valence-corrected chi connectivity index (χ4v) is 5.05. The summed E-state index contributed by atoms with van der Waals surface area (Å²) in [5, 5.41) is 3.53. The zero-order valence-electron chi connectivity index (χ0n) is 13.5. The van der Waals surface area contributed by atoms with Gasteiger partial charge in [-0.1, -0.05) is 23.2 Å². The standard InChI is InChI=1S/C18H18Cl2N2O3/c19-11-3-4-12(20)13(8-11)21-14(23)5-6-22-17(24)15-9-1-2-10(7-9)16(15)18(22)25/h3-4,8-10,15-16H,1-2,5-7H2,(H,21,23)/t9-,10-,15-,16+/m0/s1. The number of rotatable bonds is 4. The molecule has 1 aliphatic heterocycles. The van der Waals surface area contributed by atoms with Gasteiger partial charge in [0.05, 0.1) is 22.5 Å². The number of nitrogens with one attached hydrogen (secondary N) is 1. The topological polar surface area (TPSA) is 66.5 Å². The summed E-state index contributed by atoms with van der Waals surface area (Å²) in [6, 6.07) is 4.80. The van der Waals surface area contributed by atoms with E-state index in [1.165, 1.54) is 4.90 Å². The Labute approximate surface area is 155 Å². The number of fused-ring (bicyclic) bond motifs is 5. The number of nitrogens with zero attached hydrogens (tertiary/aromatic N) is 1. The molecule has 0 aromatic heterocycles. The van der Waals surface area contributed by atoms with Crippen LogP contribution in [-0.2, 0) is 14.4 Å². The third kappa shape index (κ3) is 2.83. The van der Waals surface area contributed by atoms with E-state index in [0.717, 1.165) is 19.3 Å². The molecule has 4 atom stereocenters. The molecule has 1 aromatic carbocycles. The maximum absolute atomic E-state index is 12.6. The van der Waals surface area contributed by atoms with Crippen LogP contribution in [0.2, 0.25) is 10.0 Å². The molecule has 1 heterocycles. The number of halogens is 2. The van der Waals surface area contributed by atoms with Crippen LogP contribution in [0, 0.1) is 23.7 Å². The number of carbonyl (C=O) groups excluding carboxylic acids is 3. The highest BCUT2D eigenvalue weighted by atomic mass is 35.5. The number of hydrogen-bond acceptors (Lipinski definition) is 3. The smallest absolute Gasteiger partial charge is 0.233 e. The number of benzene rings is 1. The minimum absolute atomic E-state index is 0.0507. The van der Waals surface area contributed by atoms with Crippen LogP contribution < -0.4 is 5.32 Å². The van der Waals surface area contributed by atoms with E-state index in [0.29, 0.717) is 27.6 Å². The van der Waals surface area contributed by atoms with E-state index in [1.54, 1.807) is 18.2 Å². The largest absolute Gasteiger partial charge is 0.325 e. The molecule has 2 saturated carbocycles. The number of imide groups is 1. The van der Waals surface area contributed by atoms with Gasteiger partial charge in [0.2, 0.25) is 17.7 Å². The summed E-state index contributed by atoms with van der Waals surface area (Å²) in [5.41, 5.74) is 0.424. The molecular formula is C18H18Cl2N2O3. The Morgan fingerprint density at radius 2 is 1.76 bits per heavy atom. The number of hydrogen-bond donors (Lipinski definition) is 1. The minimum atomic E-state index is -0.301. The summed E-state index contributed by atoms with van der Waals surface area (Å²) in [7, 11) is 0. The predicted molar refractivity (Wildman–Crippen MR) is 94.2 cm³/mol. The molecule has 2 bridgehead atoms. The molecule has 3 fully saturated rings. The maximum Gasteiger partial charge on any atom is 0.233 e. The van der Waals surface area contributed by atoms with Gasteiger partial charge >= 0.3 is 0 Å². The van der Waals surface area contributed by atoms with Gasteiger partial charge in [-0.3, -0.25) is 19.3 Å². The molecule has 0 spiro atoms. The van der Waals surface area contributed by atoms with Crippen molar-refractivity contribution in [3.63, 3.8) is 0 Å². The molecule has 1 N–H and O–H groups in total. The Kier molecular flexibility index (Phi) is 4.24. The third-order valence-corrected chi connectivity index (χ3v) is 6.35. The molecule has 7 heteroatoms. The fraction of sp³-hybridized carbons (Fsp3) is 0.500. The summed E-state index contributed by atoms with van der Waals surface area (Å²) in [6.45, 7) is 0.119. The van der Waals surface area contributed by atoms with Crippen molar-refractivity contribution in [3.05, 3.63) is 28.2 Å². The lowest BCUT2D eigenvalue weighted by Crippen LogP contribution is -2.35. The van der Waals surface area contributed by atoms with Gasteiger partial charge in [-0.05, 0) is 49.3 Å². The van der Waals surface area contributed by atoms with Gasteiger partial charge in [0.25, 0.3) is 0 Å². The molecular weight excluding hydrogens is 363 g/mol. The van der Waals surface area contributed by atoms with Gasteiger partial charge in [0.1, 0.15) is 0 Å². The lowest BCUT2D eigenvalue weighted by Gasteiger charge is -2.19. The van der Waals surface area contributed by atoms with Crippen LogP contribution in [0.4, 0.5) is 5.69 Å². The van der Waals surface area contributed by atoms with Crippen LogP contribution in [0.1, 0.15) is 25.7 Å². The zero-order valence-corrected chi connectivity index (χ0v) is 15.0. The molecule has 2 aliphatic carbocycles. The monoisotopic (exact) mass is 380 g/mol. The Balaban J connectivity index is 1.38. The average Bonchev–Trinajstić information content (AvgIpc) is 3.24. The summed E-state index contributed by atoms with van der Waals surface area (Å²) in [6.07, 6.45) is 3.16. The van der Waals surface area contributed by atoms with Crippen molar-refractivity contribution in [2.45, 2.75) is 25.7 Å². The summed E-state index contributed by atoms with van der Waals surface area (Å²) in [5.74, 6) is -0.0455. The SMILES string of the molecule is O=C(CCN1C(=O)[C@@H]2[C@H]3CC[C@@H](C3)[C@@H]2C1=O)Nc1cc(Cl)ccc1Cl. The molecule has 3 amide bonds. The first-order chi connectivity index (χ1) is 12.0. The highest BCUT2D eigenvalue weighted by Gasteiger charge is 2.60. The van der Waals surface area contributed by atoms with E-state index in [-0.39, 0.29) is 42.5 Å². The zero-order chi connectivity index (χ0) is 17.7. The molecule has 0 radical (unpaired) electrons. The molecule has 25 heavy (non-hydrogen) atoms. The number of carbonyl (C=O) groups is 3. The second kappa shape index (κ2) is 6.29. The number of anilines is 1. The summed E-state index contributed by atoms with van der Waals surface area (Å²) in [4.78, 5) is 38.6. The van der Waals surface area contributed by atoms with Crippen molar-refractivity contribution in [1.82, 2.24) is 4.90 Å². The van der Waals surface area contributed by atoms with Gasteiger partial charge in [-0.25, -0.2) is 0 Å². The molecule has 3 aliphatic rings. The third-order valence-electron chi connectivity index (χ3n) is 5.78. The molecule has 1 saturated heterocycles. The van der Waals surface area contributed by atoms with E-state index >= 15 is 0 Å². The summed E-state index contributed by atoms with van der Waals surface area (Å²) >= 11 is 11.9. The quantitative estimate of drug-likeness (QED) is 0.814. The second-order valence-corrected chi connectivity index (χ2v) is 7.98. The lowest BCUT2D eigenvalue weighted by atomic mass is 9.81. The van der Waals surface area contributed by atoms with E-state index in [2.05, 4.69) is 5.32 Å². The van der Waals surface area contributed by atoms with Crippen LogP contribution in [-0.4, -0.2) is 29.2 Å². The van der Waals surface area contributed by atoms with Crippen molar-refractivity contribution in [1.29, 1.82) is 0 Å². The first-order valence-corrected chi connectivity index (χ1v) is 9.31. The normalized spacial score (nSPS) is 30.1. The van der Waals surface area contributed by atoms with Crippen LogP contribution in [0.25, 0.3) is 0 Å². The van der Waals surface area contributed by atoms with Crippen LogP contribution in [0.3, 0.4) is 0 Å². The number of amides is 3. The molecule has 5 nitrogen and oxygen atoms in total. The average molecular weight is 381 g/mol. The number of likely N-dealkylation sites (tertiary alicyclic amines) is 1. The van der Waals surface area contributed by atoms with Gasteiger partial charge < -0.3 is 5.32 Å². The van der Waals surface area contributed by atoms with Crippen molar-refractivity contribution < 1.29 is 14.4 Å². The second-order valence-electron chi connectivity index (χ2n) is 7.14. The van der Waals surface area contributed by atoms with E-state index in [9.17, 15) is 14.4 Å². The Morgan fingerprint density at radius 3 is 2.40 bits per heavy atom. The van der Waals surface area contributed by atoms with Crippen molar-refractivity contribution in [2.24, 2.45) is 23.7 Å². The van der Waals surface area contributed by atoms with Gasteiger partial charge in [0.15, 0.2) is 0 Å². The molecule has 132 valence electrons. The first kappa shape index (κ1) is 16.9. The predicted octanol–water partition coefficient (Wildman–Crippen LogP) is 3.35. The van der Waals surface area contributed by atoms with E-state index in [4.69, 9.17) is 23.2 Å². The van der Waals surface area contributed by atoms with Gasteiger partial charge in [-0.2, -0.15) is 0 Å². The van der Waals surface area contributed by atoms with Crippen LogP contribution in [0.5, 0.6) is 0 Å². The van der Waals surface area contributed by atoms with E-state index in [1.807, 2.05) is 0 Å². The van der Waals surface area contributed by atoms with Crippen molar-refractivity contribution in [2.75, 3.05) is 11.9 Å². The Hall–Kier alpha value is -1.59. The first-order valence-electron chi connectivity index (χ1n) is 8.56. The van der Waals surface area contributed by atoms with Crippen LogP contribution in [0.15, 0.2) is 18.2 Å². The van der Waals surface area contributed by atoms with E-state index < -0.39 is 0 Å². The Morgan fingerprint density at radius 1 is 1.12 bits per heavy atom. The molecule has 4 rings (SSSR count). The lowest BCUT2D eigenvalue weighted by molar-refractivity contribution is -0.140. The highest BCUT2D eigenvalue weighted by molar-refractivity contribution is 6.35. The molecule has 1 aromatic rings. The van der Waals surface area contributed by atoms with Crippen molar-refractivity contribution >= 4 is 46.6 Å². The molecule has 0 unspecified atom stereocenters. The van der Waals surface area contributed by atoms with Gasteiger partial charge in [0, 0.05) is 18.0 Å². The minimum Gasteiger partial charge on any atom is -0.325 e. The van der Waals surface area contributed by atoms with Crippen LogP contribution >= 0.6 is 23.2 Å². The van der Waals surface area contributed by atoms with Gasteiger partial charge in [-0.15, -0.1) is 0 Å². The highest BCUT2D eigenvalue weighted by Crippen LogP contribution is 2.56. The summed E-state index contributed by atoms with van der Waals surface area (Å²) < 4.78 is 0. The van der Waals surface area contributed by atoms with Crippen molar-refractivity contribution in [3.8, 4) is 0 Å². The maximum atomic E-state index is 12.6. The fourth-order valence-electron chi connectivity index (χ4n) is 4.71. The Bertz CT molecular complexity index is 739.